The second kappa shape index (κ2) is 7.18. The minimum atomic E-state index is -0.842. The molecule has 3 rings (SSSR count). The molecule has 0 saturated heterocycles. The van der Waals surface area contributed by atoms with Crippen LogP contribution in [0.15, 0.2) is 54.2 Å². The zero-order chi connectivity index (χ0) is 18.7. The maximum atomic E-state index is 12.8. The average Bonchev–Trinajstić information content (AvgIpc) is 2.80. The molecule has 0 aromatic heterocycles. The largest absolute Gasteiger partial charge is 0.508 e. The topological polar surface area (TPSA) is 99.7 Å². The van der Waals surface area contributed by atoms with Crippen LogP contribution in [0.4, 0.5) is 5.69 Å². The molecule has 0 saturated carbocycles. The summed E-state index contributed by atoms with van der Waals surface area (Å²) in [6, 6.07) is 12.6. The van der Waals surface area contributed by atoms with Crippen LogP contribution in [0, 0.1) is 0 Å². The van der Waals surface area contributed by atoms with Crippen molar-refractivity contribution in [1.82, 2.24) is 10.6 Å². The van der Waals surface area contributed by atoms with E-state index in [1.54, 1.807) is 43.4 Å². The monoisotopic (exact) mass is 353 g/mol. The minimum Gasteiger partial charge on any atom is -0.508 e. The summed E-state index contributed by atoms with van der Waals surface area (Å²) in [5, 5.41) is 18.3. The Morgan fingerprint density at radius 2 is 1.85 bits per heavy atom. The summed E-state index contributed by atoms with van der Waals surface area (Å²) in [5.74, 6) is -0.777. The van der Waals surface area contributed by atoms with Crippen LogP contribution in [0.3, 0.4) is 0 Å². The number of phenolic OH excluding ortho intramolecular Hbond substituents is 1. The number of phenols is 1. The fraction of sp³-hybridized carbons (Fsp3) is 0.158. The first-order valence-electron chi connectivity index (χ1n) is 8.01. The molecule has 134 valence electrons. The zero-order valence-electron chi connectivity index (χ0n) is 14.4. The summed E-state index contributed by atoms with van der Waals surface area (Å²) in [4.78, 5) is 25.1. The van der Waals surface area contributed by atoms with Crippen molar-refractivity contribution in [3.8, 4) is 5.75 Å². The first kappa shape index (κ1) is 17.3. The van der Waals surface area contributed by atoms with E-state index in [-0.39, 0.29) is 17.4 Å². The Morgan fingerprint density at radius 1 is 1.15 bits per heavy atom. The van der Waals surface area contributed by atoms with Gasteiger partial charge in [0.15, 0.2) is 6.04 Å². The number of anilines is 1. The van der Waals surface area contributed by atoms with Crippen molar-refractivity contribution < 1.29 is 19.4 Å². The molecule has 0 bridgehead atoms. The number of aromatic hydroxyl groups is 1. The van der Waals surface area contributed by atoms with Gasteiger partial charge < -0.3 is 25.8 Å². The number of carbonyl (C=O) groups excluding carboxylic acids is 2. The van der Waals surface area contributed by atoms with E-state index in [0.717, 1.165) is 0 Å². The number of para-hydroxylation sites is 1. The molecule has 1 heterocycles. The third-order valence-corrected chi connectivity index (χ3v) is 4.13. The molecule has 1 amide bonds. The predicted octanol–water partition coefficient (Wildman–Crippen LogP) is 1.74. The van der Waals surface area contributed by atoms with E-state index >= 15 is 0 Å². The molecule has 0 fully saturated rings. The standard InChI is InChI=1S/C19H19N3O4/c1-20-15(11-7-9-12(23)10-8-11)17-18(24)21-14-6-4-3-5-13(14)16(22-17)19(25)26-2/h3-10,16,20,22-23H,1-2H3,(H,21,24)/b17-15-. The predicted molar refractivity (Wildman–Crippen MR) is 97.1 cm³/mol. The molecule has 1 aliphatic heterocycles. The fourth-order valence-corrected chi connectivity index (χ4v) is 2.87. The third-order valence-electron chi connectivity index (χ3n) is 4.13. The lowest BCUT2D eigenvalue weighted by Crippen LogP contribution is -2.33. The van der Waals surface area contributed by atoms with E-state index < -0.39 is 12.0 Å². The quantitative estimate of drug-likeness (QED) is 0.495. The second-order valence-corrected chi connectivity index (χ2v) is 5.69. The van der Waals surface area contributed by atoms with E-state index in [2.05, 4.69) is 16.0 Å². The van der Waals surface area contributed by atoms with Gasteiger partial charge in [0.1, 0.15) is 11.4 Å². The Bertz CT molecular complexity index is 875. The lowest BCUT2D eigenvalue weighted by Gasteiger charge is -2.19. The van der Waals surface area contributed by atoms with Crippen LogP contribution in [0.25, 0.3) is 5.70 Å². The first-order valence-corrected chi connectivity index (χ1v) is 8.01. The van der Waals surface area contributed by atoms with E-state index in [0.29, 0.717) is 22.5 Å². The average molecular weight is 353 g/mol. The summed E-state index contributed by atoms with van der Waals surface area (Å²) < 4.78 is 4.90. The minimum absolute atomic E-state index is 0.118. The van der Waals surface area contributed by atoms with Crippen LogP contribution in [0.5, 0.6) is 5.75 Å². The van der Waals surface area contributed by atoms with Crippen LogP contribution >= 0.6 is 0 Å². The van der Waals surface area contributed by atoms with Crippen LogP contribution in [-0.2, 0) is 14.3 Å². The van der Waals surface area contributed by atoms with Crippen LogP contribution in [0.2, 0.25) is 0 Å². The van der Waals surface area contributed by atoms with Gasteiger partial charge in [-0.25, -0.2) is 4.79 Å². The Hall–Kier alpha value is -3.48. The molecule has 4 N–H and O–H groups in total. The van der Waals surface area contributed by atoms with Gasteiger partial charge in [0, 0.05) is 23.9 Å². The normalized spacial score (nSPS) is 17.9. The number of hydrogen-bond acceptors (Lipinski definition) is 6. The molecule has 1 aliphatic rings. The van der Waals surface area contributed by atoms with Gasteiger partial charge >= 0.3 is 5.97 Å². The maximum Gasteiger partial charge on any atom is 0.333 e. The number of rotatable bonds is 3. The SMILES string of the molecule is CN/C(=C1\NC(C(=O)OC)c2ccccc2NC1=O)c1ccc(O)cc1. The van der Waals surface area contributed by atoms with Gasteiger partial charge in [0.2, 0.25) is 0 Å². The number of fused-ring (bicyclic) bond motifs is 1. The molecule has 2 aromatic carbocycles. The van der Waals surface area contributed by atoms with Gasteiger partial charge in [-0.15, -0.1) is 0 Å². The van der Waals surface area contributed by atoms with Gasteiger partial charge in [0.25, 0.3) is 5.91 Å². The number of esters is 1. The number of carbonyl (C=O) groups is 2. The number of ether oxygens (including phenoxy) is 1. The van der Waals surface area contributed by atoms with Crippen molar-refractivity contribution in [3.05, 3.63) is 65.4 Å². The molecule has 7 nitrogen and oxygen atoms in total. The van der Waals surface area contributed by atoms with Crippen molar-refractivity contribution in [2.24, 2.45) is 0 Å². The van der Waals surface area contributed by atoms with Gasteiger partial charge in [-0.05, 0) is 30.3 Å². The number of benzene rings is 2. The number of amides is 1. The van der Waals surface area contributed by atoms with Gasteiger partial charge in [-0.2, -0.15) is 0 Å². The van der Waals surface area contributed by atoms with E-state index in [1.165, 1.54) is 19.2 Å². The van der Waals surface area contributed by atoms with Crippen LogP contribution in [-0.4, -0.2) is 31.1 Å². The lowest BCUT2D eigenvalue weighted by atomic mass is 10.0. The van der Waals surface area contributed by atoms with Crippen molar-refractivity contribution in [1.29, 1.82) is 0 Å². The molecule has 0 radical (unpaired) electrons. The maximum absolute atomic E-state index is 12.8. The number of nitrogens with one attached hydrogen (secondary N) is 3. The molecule has 1 atom stereocenters. The second-order valence-electron chi connectivity index (χ2n) is 5.69. The molecule has 1 unspecified atom stereocenters. The number of methoxy groups -OCH3 is 1. The summed E-state index contributed by atoms with van der Waals surface area (Å²) in [7, 11) is 2.98. The third kappa shape index (κ3) is 3.19. The van der Waals surface area contributed by atoms with Crippen molar-refractivity contribution in [2.75, 3.05) is 19.5 Å². The van der Waals surface area contributed by atoms with Gasteiger partial charge in [-0.1, -0.05) is 18.2 Å². The van der Waals surface area contributed by atoms with Crippen molar-refractivity contribution in [2.45, 2.75) is 6.04 Å². The molecule has 0 aliphatic carbocycles. The van der Waals surface area contributed by atoms with Crippen molar-refractivity contribution >= 4 is 23.3 Å². The zero-order valence-corrected chi connectivity index (χ0v) is 14.4. The molecule has 26 heavy (non-hydrogen) atoms. The molecular formula is C19H19N3O4. The summed E-state index contributed by atoms with van der Waals surface area (Å²) >= 11 is 0. The highest BCUT2D eigenvalue weighted by Crippen LogP contribution is 2.30. The number of hydrogen-bond donors (Lipinski definition) is 4. The molecule has 7 heteroatoms. The Balaban J connectivity index is 2.14. The van der Waals surface area contributed by atoms with Gasteiger partial charge in [-0.3, -0.25) is 4.79 Å². The summed E-state index contributed by atoms with van der Waals surface area (Å²) in [5.41, 5.74) is 2.52. The van der Waals surface area contributed by atoms with Gasteiger partial charge in [0.05, 0.1) is 12.8 Å². The first-order chi connectivity index (χ1) is 12.5. The summed E-state index contributed by atoms with van der Waals surface area (Å²) in [6.45, 7) is 0. The molecule has 0 spiro atoms. The summed E-state index contributed by atoms with van der Waals surface area (Å²) in [6.07, 6.45) is 0. The van der Waals surface area contributed by atoms with E-state index in [4.69, 9.17) is 4.74 Å². The molecule has 2 aromatic rings. The molecular weight excluding hydrogens is 334 g/mol. The highest BCUT2D eigenvalue weighted by Gasteiger charge is 2.32. The van der Waals surface area contributed by atoms with Crippen molar-refractivity contribution in [3.63, 3.8) is 0 Å². The fourth-order valence-electron chi connectivity index (χ4n) is 2.87. The van der Waals surface area contributed by atoms with E-state index in [1.807, 2.05) is 0 Å². The lowest BCUT2D eigenvalue weighted by molar-refractivity contribution is -0.143. The highest BCUT2D eigenvalue weighted by molar-refractivity contribution is 6.10. The van der Waals surface area contributed by atoms with E-state index in [9.17, 15) is 14.7 Å². The van der Waals surface area contributed by atoms with Crippen LogP contribution in [0.1, 0.15) is 17.2 Å². The smallest absolute Gasteiger partial charge is 0.333 e. The highest BCUT2D eigenvalue weighted by atomic mass is 16.5. The Morgan fingerprint density at radius 3 is 2.50 bits per heavy atom. The Kier molecular flexibility index (Phi) is 4.79. The van der Waals surface area contributed by atoms with Crippen LogP contribution < -0.4 is 16.0 Å². The Labute approximate surface area is 150 Å².